The van der Waals surface area contributed by atoms with Gasteiger partial charge in [-0.25, -0.2) is 0 Å². The van der Waals surface area contributed by atoms with Crippen LogP contribution in [0, 0.1) is 0 Å². The summed E-state index contributed by atoms with van der Waals surface area (Å²) in [6, 6.07) is 27.1. The summed E-state index contributed by atoms with van der Waals surface area (Å²) in [5, 5.41) is 0. The minimum absolute atomic E-state index is 0.404. The molecule has 2 aliphatic carbocycles. The zero-order chi connectivity index (χ0) is 31.2. The van der Waals surface area contributed by atoms with E-state index in [9.17, 15) is 0 Å². The van der Waals surface area contributed by atoms with Gasteiger partial charge in [-0.1, -0.05) is 134 Å². The highest BCUT2D eigenvalue weighted by atomic mass is 79.9. The lowest BCUT2D eigenvalue weighted by molar-refractivity contribution is 0.304. The molecule has 0 aliphatic heterocycles. The summed E-state index contributed by atoms with van der Waals surface area (Å²) in [7, 11) is 0. The summed E-state index contributed by atoms with van der Waals surface area (Å²) >= 11 is 7.64. The van der Waals surface area contributed by atoms with Gasteiger partial charge in [0.2, 0.25) is 0 Å². The summed E-state index contributed by atoms with van der Waals surface area (Å²) in [6.45, 7) is 6.06. The largest absolute Gasteiger partial charge is 0.494 e. The molecule has 0 N–H and O–H groups in total. The third-order valence-electron chi connectivity index (χ3n) is 9.67. The smallest absolute Gasteiger partial charge is 0.119 e. The molecule has 4 aromatic rings. The van der Waals surface area contributed by atoms with Crippen LogP contribution in [-0.4, -0.2) is 13.2 Å². The van der Waals surface area contributed by atoms with Crippen LogP contribution in [0.5, 0.6) is 11.5 Å². The van der Waals surface area contributed by atoms with Crippen molar-refractivity contribution in [3.8, 4) is 33.8 Å². The van der Waals surface area contributed by atoms with E-state index >= 15 is 0 Å². The van der Waals surface area contributed by atoms with Gasteiger partial charge in [-0.05, 0) is 106 Å². The monoisotopic (exact) mass is 728 g/mol. The van der Waals surface area contributed by atoms with E-state index in [0.29, 0.717) is 0 Å². The van der Waals surface area contributed by atoms with Crippen molar-refractivity contribution in [1.29, 1.82) is 0 Å². The summed E-state index contributed by atoms with van der Waals surface area (Å²) in [4.78, 5) is 0. The molecule has 45 heavy (non-hydrogen) atoms. The van der Waals surface area contributed by atoms with E-state index in [-0.39, 0.29) is 0 Å². The molecule has 0 aromatic heterocycles. The Morgan fingerprint density at radius 1 is 0.444 bits per heavy atom. The summed E-state index contributed by atoms with van der Waals surface area (Å²) in [6.07, 6.45) is 15.1. The molecule has 2 nitrogen and oxygen atoms in total. The van der Waals surface area contributed by atoms with Crippen LogP contribution in [0.2, 0.25) is 0 Å². The average molecular weight is 731 g/mol. The van der Waals surface area contributed by atoms with Crippen LogP contribution < -0.4 is 9.47 Å². The fourth-order valence-corrected chi connectivity index (χ4v) is 8.19. The number of hydrogen-bond donors (Lipinski definition) is 0. The van der Waals surface area contributed by atoms with Crippen molar-refractivity contribution in [1.82, 2.24) is 0 Å². The highest BCUT2D eigenvalue weighted by Crippen LogP contribution is 2.64. The van der Waals surface area contributed by atoms with Gasteiger partial charge >= 0.3 is 0 Å². The standard InChI is InChI=1S/C41H46Br2O2/c1-3-5-7-9-11-13-23-44-31-17-21-37-35(27-31)36-28-32(45-24-14-12-10-8-6-4-2)18-22-38(36)41(37)39-25-29(42)15-19-33(39)34-20-16-30(43)26-40(34)41/h15-22,25-28H,3-14,23-24H2,1-2H3. The molecule has 0 unspecified atom stereocenters. The van der Waals surface area contributed by atoms with Gasteiger partial charge < -0.3 is 9.47 Å². The number of hydrogen-bond acceptors (Lipinski definition) is 2. The second-order valence-electron chi connectivity index (χ2n) is 12.8. The van der Waals surface area contributed by atoms with E-state index in [2.05, 4.69) is 119 Å². The van der Waals surface area contributed by atoms with Crippen LogP contribution in [-0.2, 0) is 5.41 Å². The van der Waals surface area contributed by atoms with Crippen LogP contribution >= 0.6 is 31.9 Å². The molecule has 0 saturated heterocycles. The molecule has 0 radical (unpaired) electrons. The van der Waals surface area contributed by atoms with Crippen molar-refractivity contribution in [3.05, 3.63) is 104 Å². The van der Waals surface area contributed by atoms with E-state index in [4.69, 9.17) is 9.47 Å². The Labute approximate surface area is 287 Å². The molecule has 236 valence electrons. The number of ether oxygens (including phenoxy) is 2. The van der Waals surface area contributed by atoms with Crippen LogP contribution in [0.15, 0.2) is 81.7 Å². The predicted octanol–water partition coefficient (Wildman–Crippen LogP) is 13.0. The van der Waals surface area contributed by atoms with Gasteiger partial charge in [0.25, 0.3) is 0 Å². The Kier molecular flexibility index (Phi) is 10.7. The molecule has 1 spiro atoms. The summed E-state index contributed by atoms with van der Waals surface area (Å²) in [5.41, 5.74) is 9.96. The Balaban J connectivity index is 1.36. The van der Waals surface area contributed by atoms with E-state index in [1.54, 1.807) is 0 Å². The highest BCUT2D eigenvalue weighted by molar-refractivity contribution is 9.10. The molecular formula is C41H46Br2O2. The van der Waals surface area contributed by atoms with Crippen LogP contribution in [0.25, 0.3) is 22.3 Å². The van der Waals surface area contributed by atoms with Crippen molar-refractivity contribution in [2.24, 2.45) is 0 Å². The van der Waals surface area contributed by atoms with Crippen molar-refractivity contribution >= 4 is 31.9 Å². The summed E-state index contributed by atoms with van der Waals surface area (Å²) in [5.74, 6) is 1.90. The Bertz CT molecular complexity index is 1500. The molecular weight excluding hydrogens is 684 g/mol. The van der Waals surface area contributed by atoms with E-state index < -0.39 is 5.41 Å². The lowest BCUT2D eigenvalue weighted by Crippen LogP contribution is -2.26. The fraction of sp³-hybridized carbons (Fsp3) is 0.415. The quantitative estimate of drug-likeness (QED) is 0.0923. The molecule has 6 rings (SSSR count). The maximum absolute atomic E-state index is 6.38. The van der Waals surface area contributed by atoms with Crippen LogP contribution in [0.4, 0.5) is 0 Å². The third-order valence-corrected chi connectivity index (χ3v) is 10.7. The first kappa shape index (κ1) is 32.4. The first-order chi connectivity index (χ1) is 22.1. The molecule has 0 fully saturated rings. The maximum Gasteiger partial charge on any atom is 0.119 e. The second kappa shape index (κ2) is 14.9. The van der Waals surface area contributed by atoms with Crippen molar-refractivity contribution < 1.29 is 9.47 Å². The number of fused-ring (bicyclic) bond motifs is 10. The molecule has 0 bridgehead atoms. The normalized spacial score (nSPS) is 13.4. The second-order valence-corrected chi connectivity index (χ2v) is 14.6. The molecule has 0 atom stereocenters. The minimum atomic E-state index is -0.404. The number of halogens is 2. The Hall–Kier alpha value is -2.56. The topological polar surface area (TPSA) is 18.5 Å². The molecule has 0 heterocycles. The molecule has 2 aliphatic rings. The summed E-state index contributed by atoms with van der Waals surface area (Å²) < 4.78 is 15.0. The van der Waals surface area contributed by atoms with Crippen LogP contribution in [0.1, 0.15) is 113 Å². The number of rotatable bonds is 16. The molecule has 4 heteroatoms. The van der Waals surface area contributed by atoms with Gasteiger partial charge in [0.05, 0.1) is 18.6 Å². The number of unbranched alkanes of at least 4 members (excludes halogenated alkanes) is 10. The van der Waals surface area contributed by atoms with Crippen molar-refractivity contribution in [2.45, 2.75) is 96.3 Å². The van der Waals surface area contributed by atoms with Gasteiger partial charge in [-0.15, -0.1) is 0 Å². The highest BCUT2D eigenvalue weighted by Gasteiger charge is 2.52. The first-order valence-electron chi connectivity index (χ1n) is 17.2. The SMILES string of the molecule is CCCCCCCCOc1ccc2c(c1)-c1cc(OCCCCCCCC)ccc1C21c2cc(Br)ccc2-c2ccc(Br)cc21. The average Bonchev–Trinajstić information content (AvgIpc) is 3.49. The van der Waals surface area contributed by atoms with Gasteiger partial charge in [0.15, 0.2) is 0 Å². The predicted molar refractivity (Wildman–Crippen MR) is 196 cm³/mol. The van der Waals surface area contributed by atoms with E-state index in [1.165, 1.54) is 109 Å². The van der Waals surface area contributed by atoms with Gasteiger partial charge in [0, 0.05) is 8.95 Å². The van der Waals surface area contributed by atoms with Crippen molar-refractivity contribution in [3.63, 3.8) is 0 Å². The molecule has 0 saturated carbocycles. The Morgan fingerprint density at radius 2 is 0.867 bits per heavy atom. The first-order valence-corrected chi connectivity index (χ1v) is 18.8. The zero-order valence-electron chi connectivity index (χ0n) is 26.9. The molecule has 0 amide bonds. The fourth-order valence-electron chi connectivity index (χ4n) is 7.46. The zero-order valence-corrected chi connectivity index (χ0v) is 30.1. The van der Waals surface area contributed by atoms with Crippen LogP contribution in [0.3, 0.4) is 0 Å². The lowest BCUT2D eigenvalue weighted by Gasteiger charge is -2.30. The Morgan fingerprint density at radius 3 is 1.31 bits per heavy atom. The lowest BCUT2D eigenvalue weighted by atomic mass is 9.70. The maximum atomic E-state index is 6.38. The van der Waals surface area contributed by atoms with E-state index in [0.717, 1.165) is 46.5 Å². The third kappa shape index (κ3) is 6.52. The van der Waals surface area contributed by atoms with Gasteiger partial charge in [-0.3, -0.25) is 0 Å². The van der Waals surface area contributed by atoms with E-state index in [1.807, 2.05) is 0 Å². The van der Waals surface area contributed by atoms with Gasteiger partial charge in [-0.2, -0.15) is 0 Å². The van der Waals surface area contributed by atoms with Crippen molar-refractivity contribution in [2.75, 3.05) is 13.2 Å². The minimum Gasteiger partial charge on any atom is -0.494 e. The molecule has 4 aromatic carbocycles. The number of benzene rings is 4. The van der Waals surface area contributed by atoms with Gasteiger partial charge in [0.1, 0.15) is 11.5 Å².